The van der Waals surface area contributed by atoms with Crippen LogP contribution in [0.4, 0.5) is 0 Å². The largest absolute Gasteiger partial charge is 0.480 e. The Hall–Kier alpha value is -3.19. The number of hydrogen-bond donors (Lipinski definition) is 3. The van der Waals surface area contributed by atoms with Crippen LogP contribution in [0.3, 0.4) is 0 Å². The molecule has 0 saturated heterocycles. The van der Waals surface area contributed by atoms with Crippen molar-refractivity contribution >= 4 is 17.9 Å². The van der Waals surface area contributed by atoms with E-state index >= 15 is 0 Å². The van der Waals surface area contributed by atoms with Gasteiger partial charge >= 0.3 is 17.9 Å². The fraction of sp³-hybridized carbons (Fsp3) is 0.333. The zero-order valence-corrected chi connectivity index (χ0v) is 17.5. The standard InChI is InChI=1S/3C3H4N4O2.La/c3*8-3(9)1-7-2-4-5-6-7;/h3*2H,1H2,(H,8,9);. The second kappa shape index (κ2) is 13.9. The molecule has 0 saturated carbocycles. The molecule has 0 unspecified atom stereocenters. The molecule has 1 radical (unpaired) electrons. The smallest absolute Gasteiger partial charge is 0.325 e. The van der Waals surface area contributed by atoms with E-state index in [1.165, 1.54) is 19.0 Å². The van der Waals surface area contributed by atoms with Crippen molar-refractivity contribution < 1.29 is 65.3 Å². The number of tetrazole rings is 3. The number of nitrogens with zero attached hydrogens (tertiary/aromatic N) is 12. The number of carboxylic acid groups (broad SMARTS) is 3. The van der Waals surface area contributed by atoms with Crippen molar-refractivity contribution in [3.63, 3.8) is 0 Å². The van der Waals surface area contributed by atoms with E-state index in [-0.39, 0.29) is 55.2 Å². The summed E-state index contributed by atoms with van der Waals surface area (Å²) in [6.07, 6.45) is 3.73. The minimum Gasteiger partial charge on any atom is -0.480 e. The molecule has 0 bridgehead atoms. The van der Waals surface area contributed by atoms with Crippen molar-refractivity contribution in [3.8, 4) is 0 Å². The zero-order valence-electron chi connectivity index (χ0n) is 13.9. The predicted molar refractivity (Wildman–Crippen MR) is 76.4 cm³/mol. The van der Waals surface area contributed by atoms with Gasteiger partial charge in [-0.05, 0) is 31.3 Å². The molecule has 3 aromatic heterocycles. The minimum absolute atomic E-state index is 0. The quantitative estimate of drug-likeness (QED) is 0.281. The number of carbonyl (C=O) groups is 3. The van der Waals surface area contributed by atoms with Crippen molar-refractivity contribution in [2.75, 3.05) is 0 Å². The molecule has 0 spiro atoms. The summed E-state index contributed by atoms with van der Waals surface area (Å²) in [5.74, 6) is -2.87. The van der Waals surface area contributed by atoms with Gasteiger partial charge in [-0.2, -0.15) is 0 Å². The van der Waals surface area contributed by atoms with Crippen LogP contribution in [-0.4, -0.2) is 93.8 Å². The first-order valence-corrected chi connectivity index (χ1v) is 6.64. The van der Waals surface area contributed by atoms with E-state index in [4.69, 9.17) is 15.3 Å². The molecule has 18 nitrogen and oxygen atoms in total. The Balaban J connectivity index is 0.000000384. The molecule has 0 amide bonds. The summed E-state index contributed by atoms with van der Waals surface area (Å²) < 4.78 is 3.38. The summed E-state index contributed by atoms with van der Waals surface area (Å²) in [5.41, 5.74) is 0. The monoisotopic (exact) mass is 523 g/mol. The summed E-state index contributed by atoms with van der Waals surface area (Å²) >= 11 is 0. The third-order valence-electron chi connectivity index (χ3n) is 2.07. The van der Waals surface area contributed by atoms with E-state index in [1.807, 2.05) is 0 Å². The number of aromatic nitrogens is 12. The average Bonchev–Trinajstić information content (AvgIpc) is 3.30. The first-order valence-electron chi connectivity index (χ1n) is 6.64. The van der Waals surface area contributed by atoms with Crippen molar-refractivity contribution in [3.05, 3.63) is 19.0 Å². The van der Waals surface area contributed by atoms with Gasteiger partial charge in [0.1, 0.15) is 38.6 Å². The van der Waals surface area contributed by atoms with E-state index in [1.54, 1.807) is 0 Å². The Morgan fingerprint density at radius 3 is 1.00 bits per heavy atom. The third kappa shape index (κ3) is 12.2. The van der Waals surface area contributed by atoms with Gasteiger partial charge in [-0.25, -0.2) is 14.0 Å². The molecule has 19 heteroatoms. The molecule has 3 aromatic rings. The van der Waals surface area contributed by atoms with E-state index in [0.29, 0.717) is 0 Å². The van der Waals surface area contributed by atoms with Crippen LogP contribution < -0.4 is 0 Å². The molecule has 0 aromatic carbocycles. The Bertz CT molecular complexity index is 697. The molecule has 147 valence electrons. The van der Waals surface area contributed by atoms with Crippen LogP contribution in [0.1, 0.15) is 0 Å². The van der Waals surface area contributed by atoms with Gasteiger partial charge in [-0.1, -0.05) is 0 Å². The molecule has 0 atom stereocenters. The second-order valence-electron chi connectivity index (χ2n) is 4.20. The minimum atomic E-state index is -0.956. The summed E-state index contributed by atoms with van der Waals surface area (Å²) in [6, 6.07) is 0. The fourth-order valence-corrected chi connectivity index (χ4v) is 1.17. The van der Waals surface area contributed by atoms with Crippen molar-refractivity contribution in [1.82, 2.24) is 60.6 Å². The van der Waals surface area contributed by atoms with Crippen LogP contribution >= 0.6 is 0 Å². The van der Waals surface area contributed by atoms with Gasteiger partial charge in [0, 0.05) is 35.6 Å². The van der Waals surface area contributed by atoms with Gasteiger partial charge in [-0.15, -0.1) is 15.3 Å². The van der Waals surface area contributed by atoms with E-state index in [0.717, 1.165) is 14.0 Å². The summed E-state index contributed by atoms with van der Waals surface area (Å²) in [7, 11) is 0. The van der Waals surface area contributed by atoms with Gasteiger partial charge < -0.3 is 15.3 Å². The second-order valence-corrected chi connectivity index (χ2v) is 4.20. The molecule has 0 aliphatic heterocycles. The van der Waals surface area contributed by atoms with Crippen LogP contribution in [0, 0.1) is 35.6 Å². The Kier molecular flexibility index (Phi) is 12.4. The van der Waals surface area contributed by atoms with E-state index < -0.39 is 17.9 Å². The maximum absolute atomic E-state index is 9.95. The van der Waals surface area contributed by atoms with Crippen LogP contribution in [-0.2, 0) is 34.0 Å². The summed E-state index contributed by atoms with van der Waals surface area (Å²) in [5, 5.41) is 54.0. The first-order chi connectivity index (χ1) is 12.9. The molecule has 3 N–H and O–H groups in total. The predicted octanol–water partition coefficient (Wildman–Crippen LogP) is -3.73. The van der Waals surface area contributed by atoms with Crippen LogP contribution in [0.15, 0.2) is 19.0 Å². The SMILES string of the molecule is O=C(O)Cn1cnnn1.O=C(O)Cn1cnnn1.O=C(O)Cn1cnnn1.[La]. The van der Waals surface area contributed by atoms with Crippen molar-refractivity contribution in [2.45, 2.75) is 19.6 Å². The molecular weight excluding hydrogens is 511 g/mol. The van der Waals surface area contributed by atoms with Gasteiger partial charge in [-0.3, -0.25) is 14.4 Å². The van der Waals surface area contributed by atoms with Gasteiger partial charge in [0.05, 0.1) is 0 Å². The molecule has 0 aliphatic rings. The normalized spacial score (nSPS) is 9.00. The van der Waals surface area contributed by atoms with Crippen molar-refractivity contribution in [1.29, 1.82) is 0 Å². The Labute approximate surface area is 182 Å². The van der Waals surface area contributed by atoms with Gasteiger partial charge in [0.2, 0.25) is 0 Å². The van der Waals surface area contributed by atoms with E-state index in [9.17, 15) is 14.4 Å². The van der Waals surface area contributed by atoms with Crippen LogP contribution in [0.5, 0.6) is 0 Å². The van der Waals surface area contributed by atoms with Gasteiger partial charge in [0.15, 0.2) is 0 Å². The molecule has 0 aliphatic carbocycles. The maximum Gasteiger partial charge on any atom is 0.325 e. The Morgan fingerprint density at radius 2 is 0.857 bits per heavy atom. The van der Waals surface area contributed by atoms with Gasteiger partial charge in [0.25, 0.3) is 0 Å². The topological polar surface area (TPSA) is 243 Å². The van der Waals surface area contributed by atoms with Crippen LogP contribution in [0.2, 0.25) is 0 Å². The maximum atomic E-state index is 9.95. The number of hydrogen-bond acceptors (Lipinski definition) is 12. The molecule has 28 heavy (non-hydrogen) atoms. The average molecular weight is 523 g/mol. The summed E-state index contributed by atoms with van der Waals surface area (Å²) in [6.45, 7) is -0.563. The van der Waals surface area contributed by atoms with Crippen molar-refractivity contribution in [2.24, 2.45) is 0 Å². The zero-order chi connectivity index (χ0) is 20.1. The summed E-state index contributed by atoms with van der Waals surface area (Å²) in [4.78, 5) is 29.9. The third-order valence-corrected chi connectivity index (χ3v) is 2.07. The Morgan fingerprint density at radius 1 is 0.607 bits per heavy atom. The fourth-order valence-electron chi connectivity index (χ4n) is 1.17. The molecular formula is C9H12LaN12O6. The molecule has 3 rings (SSSR count). The first kappa shape index (κ1) is 24.8. The number of rotatable bonds is 6. The number of aliphatic carboxylic acids is 3. The molecule has 0 fully saturated rings. The van der Waals surface area contributed by atoms with Crippen LogP contribution in [0.25, 0.3) is 0 Å². The van der Waals surface area contributed by atoms with E-state index in [2.05, 4.69) is 46.6 Å². The molecule has 3 heterocycles. The number of carboxylic acids is 3.